The van der Waals surface area contributed by atoms with Crippen LogP contribution in [-0.2, 0) is 0 Å². The summed E-state index contributed by atoms with van der Waals surface area (Å²) in [6.07, 6.45) is 0. The quantitative estimate of drug-likeness (QED) is 0.157. The lowest BCUT2D eigenvalue weighted by Crippen LogP contribution is -2.11. The number of nitro benzene ring substituents is 2. The number of nitrogens with two attached hydrogens (primary N) is 2. The van der Waals surface area contributed by atoms with E-state index in [0.717, 1.165) is 40.2 Å². The third-order valence-corrected chi connectivity index (χ3v) is 10.6. The molecule has 40 heavy (non-hydrogen) atoms. The van der Waals surface area contributed by atoms with Crippen molar-refractivity contribution in [3.05, 3.63) is 65.6 Å². The Kier molecular flexibility index (Phi) is 10.6. The van der Waals surface area contributed by atoms with Gasteiger partial charge in [-0.3, -0.25) is 20.2 Å². The molecule has 0 fully saturated rings. The summed E-state index contributed by atoms with van der Waals surface area (Å²) in [5, 5.41) is 22.1. The molecule has 212 valence electrons. The van der Waals surface area contributed by atoms with Crippen molar-refractivity contribution < 1.29 is 24.1 Å². The molecule has 0 amide bonds. The molecule has 3 aliphatic rings. The van der Waals surface area contributed by atoms with Crippen molar-refractivity contribution in [2.24, 2.45) is 0 Å². The minimum atomic E-state index is -0.622. The lowest BCUT2D eigenvalue weighted by atomic mass is 10.2. The van der Waals surface area contributed by atoms with Crippen molar-refractivity contribution >= 4 is 89.9 Å². The monoisotopic (exact) mass is 732 g/mol. The highest BCUT2D eigenvalue weighted by molar-refractivity contribution is 9.13. The van der Waals surface area contributed by atoms with Crippen LogP contribution in [0.5, 0.6) is 17.2 Å². The summed E-state index contributed by atoms with van der Waals surface area (Å²) in [6.45, 7) is 1.84. The number of para-hydroxylation sites is 1. The maximum atomic E-state index is 11.0. The molecule has 0 spiro atoms. The largest absolute Gasteiger partial charge is 0.492 e. The predicted molar refractivity (Wildman–Crippen MR) is 166 cm³/mol. The molecule has 0 saturated heterocycles. The number of anilines is 2. The van der Waals surface area contributed by atoms with Crippen molar-refractivity contribution in [3.63, 3.8) is 0 Å². The number of thioether (sulfide) groups is 3. The number of rotatable bonds is 2. The standard InChI is InChI=1S/C8H4Br2N2O5S.C8H10N2OS.C8H8OS/c9-3-4(10)6(12(15)16)8-7(5(3)11(13)14)17-1-2-18-8;9-5-1-2-6(10)8-7(5)11-3-4-12-8;1-2-4-8-7(3-1)9-5-6-10-8/h1-2H2;1-2H,3-4,9-10H2;1-4H,5-6H2. The summed E-state index contributed by atoms with van der Waals surface area (Å²) in [5.74, 6) is 4.29. The van der Waals surface area contributed by atoms with Gasteiger partial charge >= 0.3 is 11.4 Å². The minimum Gasteiger partial charge on any atom is -0.492 e. The molecule has 0 aromatic heterocycles. The highest BCUT2D eigenvalue weighted by Gasteiger charge is 2.37. The Balaban J connectivity index is 0.000000146. The van der Waals surface area contributed by atoms with Gasteiger partial charge in [-0.25, -0.2) is 0 Å². The molecule has 0 bridgehead atoms. The van der Waals surface area contributed by atoms with Crippen LogP contribution < -0.4 is 25.7 Å². The summed E-state index contributed by atoms with van der Waals surface area (Å²) in [4.78, 5) is 23.3. The molecule has 3 aromatic rings. The van der Waals surface area contributed by atoms with Crippen LogP contribution in [0.4, 0.5) is 22.7 Å². The SMILES string of the molecule is Nc1ccc(N)c2c1OCCS2.O=[N+]([O-])c1c(Br)c(Br)c([N+](=O)[O-])c2c1OCCS2.c1ccc2c(c1)OCCS2. The first-order valence-electron chi connectivity index (χ1n) is 11.6. The molecule has 4 N–H and O–H groups in total. The van der Waals surface area contributed by atoms with Crippen LogP contribution in [-0.4, -0.2) is 46.9 Å². The van der Waals surface area contributed by atoms with E-state index < -0.39 is 9.85 Å². The van der Waals surface area contributed by atoms with E-state index in [4.69, 9.17) is 25.7 Å². The second-order valence-electron chi connectivity index (χ2n) is 7.94. The minimum absolute atomic E-state index is 0.0143. The van der Waals surface area contributed by atoms with Crippen LogP contribution in [0.2, 0.25) is 0 Å². The molecule has 11 nitrogen and oxygen atoms in total. The van der Waals surface area contributed by atoms with Gasteiger partial charge in [0.05, 0.1) is 40.3 Å². The molecule has 3 aliphatic heterocycles. The van der Waals surface area contributed by atoms with Gasteiger partial charge in [0.2, 0.25) is 5.75 Å². The first-order valence-corrected chi connectivity index (χ1v) is 16.1. The lowest BCUT2D eigenvalue weighted by Gasteiger charge is -2.19. The molecule has 0 radical (unpaired) electrons. The Morgan fingerprint density at radius 1 is 0.700 bits per heavy atom. The van der Waals surface area contributed by atoms with E-state index in [0.29, 0.717) is 18.0 Å². The second-order valence-corrected chi connectivity index (χ2v) is 12.9. The Hall–Kier alpha value is -2.53. The number of ether oxygens (including phenoxy) is 3. The number of benzene rings is 3. The number of halogens is 2. The van der Waals surface area contributed by atoms with Crippen molar-refractivity contribution in [2.75, 3.05) is 48.5 Å². The molecule has 6 rings (SSSR count). The summed E-state index contributed by atoms with van der Waals surface area (Å²) in [7, 11) is 0. The average molecular weight is 734 g/mol. The number of fused-ring (bicyclic) bond motifs is 3. The Morgan fingerprint density at radius 2 is 1.25 bits per heavy atom. The zero-order valence-corrected chi connectivity index (χ0v) is 26.2. The van der Waals surface area contributed by atoms with Crippen molar-refractivity contribution in [2.45, 2.75) is 14.7 Å². The smallest absolute Gasteiger partial charge is 0.327 e. The van der Waals surface area contributed by atoms with Crippen LogP contribution >= 0.6 is 67.1 Å². The van der Waals surface area contributed by atoms with Crippen LogP contribution in [0.25, 0.3) is 0 Å². The fourth-order valence-electron chi connectivity index (χ4n) is 3.67. The molecule has 3 heterocycles. The van der Waals surface area contributed by atoms with Gasteiger partial charge in [0.25, 0.3) is 0 Å². The number of nitrogens with zero attached hydrogens (tertiary/aromatic N) is 2. The van der Waals surface area contributed by atoms with E-state index in [-0.39, 0.29) is 37.6 Å². The highest BCUT2D eigenvalue weighted by Crippen LogP contribution is 2.54. The number of nitro groups is 2. The fraction of sp³-hybridized carbons (Fsp3) is 0.250. The highest BCUT2D eigenvalue weighted by atomic mass is 79.9. The van der Waals surface area contributed by atoms with E-state index in [9.17, 15) is 20.2 Å². The third kappa shape index (κ3) is 6.84. The fourth-order valence-corrected chi connectivity index (χ4v) is 7.56. The van der Waals surface area contributed by atoms with Gasteiger partial charge in [-0.15, -0.1) is 35.3 Å². The summed E-state index contributed by atoms with van der Waals surface area (Å²) >= 11 is 10.8. The van der Waals surface area contributed by atoms with Gasteiger partial charge in [-0.2, -0.15) is 0 Å². The van der Waals surface area contributed by atoms with Crippen molar-refractivity contribution in [1.29, 1.82) is 0 Å². The molecule has 0 unspecified atom stereocenters. The lowest BCUT2D eigenvalue weighted by molar-refractivity contribution is -0.393. The first kappa shape index (κ1) is 30.4. The summed E-state index contributed by atoms with van der Waals surface area (Å²) in [6, 6.07) is 11.8. The van der Waals surface area contributed by atoms with Gasteiger partial charge in [-0.05, 0) is 56.1 Å². The van der Waals surface area contributed by atoms with E-state index in [2.05, 4.69) is 37.9 Å². The van der Waals surface area contributed by atoms with E-state index in [1.54, 1.807) is 17.8 Å². The van der Waals surface area contributed by atoms with Crippen molar-refractivity contribution in [3.8, 4) is 17.2 Å². The maximum absolute atomic E-state index is 11.0. The molecule has 0 saturated carbocycles. The van der Waals surface area contributed by atoms with Crippen LogP contribution in [0, 0.1) is 20.2 Å². The summed E-state index contributed by atoms with van der Waals surface area (Å²) in [5.41, 5.74) is 12.4. The van der Waals surface area contributed by atoms with E-state index in [1.165, 1.54) is 16.7 Å². The number of hydrogen-bond acceptors (Lipinski definition) is 12. The zero-order chi connectivity index (χ0) is 28.8. The summed E-state index contributed by atoms with van der Waals surface area (Å²) < 4.78 is 16.1. The number of nitrogen functional groups attached to an aromatic ring is 2. The second kappa shape index (κ2) is 13.9. The van der Waals surface area contributed by atoms with Gasteiger partial charge in [0.15, 0.2) is 5.75 Å². The predicted octanol–water partition coefficient (Wildman–Crippen LogP) is 7.02. The zero-order valence-electron chi connectivity index (χ0n) is 20.6. The number of hydrogen-bond donors (Lipinski definition) is 2. The molecular weight excluding hydrogens is 712 g/mol. The Bertz CT molecular complexity index is 1340. The van der Waals surface area contributed by atoms with Gasteiger partial charge in [-0.1, -0.05) is 12.1 Å². The van der Waals surface area contributed by atoms with Crippen LogP contribution in [0.1, 0.15) is 0 Å². The van der Waals surface area contributed by atoms with Gasteiger partial charge in [0.1, 0.15) is 19.6 Å². The normalized spacial score (nSPS) is 14.6. The molecule has 0 aliphatic carbocycles. The maximum Gasteiger partial charge on any atom is 0.327 e. The molecule has 16 heteroatoms. The van der Waals surface area contributed by atoms with Gasteiger partial charge in [0, 0.05) is 27.8 Å². The molecule has 3 aromatic carbocycles. The van der Waals surface area contributed by atoms with Crippen LogP contribution in [0.3, 0.4) is 0 Å². The topological polar surface area (TPSA) is 166 Å². The first-order chi connectivity index (χ1) is 19.2. The Morgan fingerprint density at radius 3 is 1.90 bits per heavy atom. The molecular formula is C24H22Br2N4O7S3. The molecule has 0 atom stereocenters. The average Bonchev–Trinajstić information content (AvgIpc) is 2.96. The van der Waals surface area contributed by atoms with Gasteiger partial charge < -0.3 is 25.7 Å². The van der Waals surface area contributed by atoms with Crippen molar-refractivity contribution in [1.82, 2.24) is 0 Å². The third-order valence-electron chi connectivity index (χ3n) is 5.38. The Labute approximate surface area is 258 Å². The van der Waals surface area contributed by atoms with E-state index in [1.807, 2.05) is 36.0 Å². The van der Waals surface area contributed by atoms with Crippen LogP contribution in [0.15, 0.2) is 60.0 Å². The van der Waals surface area contributed by atoms with E-state index >= 15 is 0 Å².